The molecule has 1 aromatic heterocycles. The standard InChI is InChI=1S/C11H17N3O/c1-9(12)7-11(15)14-6-4-10-3-2-5-13-8-10/h2-3,5,8-9H,4,6-7,12H2,1H3,(H,14,15). The Balaban J connectivity index is 2.19. The number of carbonyl (C=O) groups excluding carboxylic acids is 1. The number of pyridine rings is 1. The molecule has 4 heteroatoms. The number of aromatic nitrogens is 1. The van der Waals surface area contributed by atoms with E-state index in [9.17, 15) is 4.79 Å². The van der Waals surface area contributed by atoms with E-state index in [2.05, 4.69) is 10.3 Å². The second-order valence-electron chi connectivity index (χ2n) is 3.64. The third-order valence-corrected chi connectivity index (χ3v) is 1.97. The highest BCUT2D eigenvalue weighted by Gasteiger charge is 2.03. The molecule has 0 bridgehead atoms. The molecule has 1 amide bonds. The van der Waals surface area contributed by atoms with Crippen LogP contribution in [-0.4, -0.2) is 23.5 Å². The number of nitrogens with one attached hydrogen (secondary N) is 1. The Morgan fingerprint density at radius 2 is 2.47 bits per heavy atom. The Morgan fingerprint density at radius 3 is 3.07 bits per heavy atom. The molecule has 0 radical (unpaired) electrons. The molecule has 1 atom stereocenters. The van der Waals surface area contributed by atoms with Crippen molar-refractivity contribution >= 4 is 5.91 Å². The second kappa shape index (κ2) is 6.14. The number of rotatable bonds is 5. The fourth-order valence-electron chi connectivity index (χ4n) is 1.26. The third kappa shape index (κ3) is 5.12. The van der Waals surface area contributed by atoms with Gasteiger partial charge in [-0.2, -0.15) is 0 Å². The molecule has 82 valence electrons. The minimum absolute atomic E-state index is 0.00823. The first-order valence-corrected chi connectivity index (χ1v) is 5.09. The van der Waals surface area contributed by atoms with Crippen LogP contribution in [0.5, 0.6) is 0 Å². The van der Waals surface area contributed by atoms with Gasteiger partial charge in [-0.25, -0.2) is 0 Å². The van der Waals surface area contributed by atoms with E-state index in [0.717, 1.165) is 12.0 Å². The molecule has 3 N–H and O–H groups in total. The van der Waals surface area contributed by atoms with Crippen LogP contribution in [0.15, 0.2) is 24.5 Å². The van der Waals surface area contributed by atoms with E-state index < -0.39 is 0 Å². The fraction of sp³-hybridized carbons (Fsp3) is 0.455. The minimum atomic E-state index is -0.0802. The Labute approximate surface area is 89.9 Å². The highest BCUT2D eigenvalue weighted by Crippen LogP contribution is 1.95. The number of amides is 1. The lowest BCUT2D eigenvalue weighted by atomic mass is 10.2. The van der Waals surface area contributed by atoms with Gasteiger partial charge in [0.25, 0.3) is 0 Å². The van der Waals surface area contributed by atoms with Crippen LogP contribution in [0.4, 0.5) is 0 Å². The number of carbonyl (C=O) groups is 1. The average Bonchev–Trinajstić information content (AvgIpc) is 2.18. The number of hydrogen-bond acceptors (Lipinski definition) is 3. The van der Waals surface area contributed by atoms with Crippen molar-refractivity contribution in [3.05, 3.63) is 30.1 Å². The summed E-state index contributed by atoms with van der Waals surface area (Å²) in [5.74, 6) is 0.00823. The van der Waals surface area contributed by atoms with E-state index in [1.165, 1.54) is 0 Å². The lowest BCUT2D eigenvalue weighted by Crippen LogP contribution is -2.31. The van der Waals surface area contributed by atoms with Crippen molar-refractivity contribution in [3.63, 3.8) is 0 Å². The summed E-state index contributed by atoms with van der Waals surface area (Å²) in [7, 11) is 0. The summed E-state index contributed by atoms with van der Waals surface area (Å²) < 4.78 is 0. The van der Waals surface area contributed by atoms with Crippen LogP contribution < -0.4 is 11.1 Å². The molecule has 0 spiro atoms. The molecule has 0 saturated heterocycles. The van der Waals surface area contributed by atoms with Gasteiger partial charge in [0, 0.05) is 31.4 Å². The van der Waals surface area contributed by atoms with E-state index in [1.54, 1.807) is 12.4 Å². The molecule has 0 aliphatic rings. The van der Waals surface area contributed by atoms with Crippen LogP contribution in [0.25, 0.3) is 0 Å². The van der Waals surface area contributed by atoms with Crippen LogP contribution in [0.1, 0.15) is 18.9 Å². The molecule has 4 nitrogen and oxygen atoms in total. The second-order valence-corrected chi connectivity index (χ2v) is 3.64. The zero-order valence-electron chi connectivity index (χ0n) is 8.94. The van der Waals surface area contributed by atoms with Gasteiger partial charge in [0.05, 0.1) is 0 Å². The monoisotopic (exact) mass is 207 g/mol. The van der Waals surface area contributed by atoms with Crippen LogP contribution in [0.3, 0.4) is 0 Å². The maximum Gasteiger partial charge on any atom is 0.221 e. The molecule has 0 saturated carbocycles. The van der Waals surface area contributed by atoms with Crippen molar-refractivity contribution in [2.45, 2.75) is 25.8 Å². The van der Waals surface area contributed by atoms with Crippen molar-refractivity contribution < 1.29 is 4.79 Å². The molecule has 1 unspecified atom stereocenters. The van der Waals surface area contributed by atoms with Gasteiger partial charge in [0.15, 0.2) is 0 Å². The lowest BCUT2D eigenvalue weighted by molar-refractivity contribution is -0.121. The smallest absolute Gasteiger partial charge is 0.221 e. The molecule has 0 fully saturated rings. The summed E-state index contributed by atoms with van der Waals surface area (Å²) in [6, 6.07) is 3.80. The van der Waals surface area contributed by atoms with E-state index >= 15 is 0 Å². The molecular formula is C11H17N3O. The van der Waals surface area contributed by atoms with Gasteiger partial charge >= 0.3 is 0 Å². The largest absolute Gasteiger partial charge is 0.356 e. The predicted molar refractivity (Wildman–Crippen MR) is 59.2 cm³/mol. The Hall–Kier alpha value is -1.42. The van der Waals surface area contributed by atoms with Gasteiger partial charge in [0.1, 0.15) is 0 Å². The fourth-order valence-corrected chi connectivity index (χ4v) is 1.26. The Bertz CT molecular complexity index is 298. The number of hydrogen-bond donors (Lipinski definition) is 2. The zero-order valence-corrected chi connectivity index (χ0v) is 8.94. The molecular weight excluding hydrogens is 190 g/mol. The van der Waals surface area contributed by atoms with Gasteiger partial charge < -0.3 is 11.1 Å². The summed E-state index contributed by atoms with van der Waals surface area (Å²) in [5.41, 5.74) is 6.63. The molecule has 0 aliphatic heterocycles. The van der Waals surface area contributed by atoms with Gasteiger partial charge in [-0.3, -0.25) is 9.78 Å². The van der Waals surface area contributed by atoms with Crippen molar-refractivity contribution in [3.8, 4) is 0 Å². The third-order valence-electron chi connectivity index (χ3n) is 1.97. The summed E-state index contributed by atoms with van der Waals surface area (Å²) in [5, 5.41) is 2.82. The molecule has 1 heterocycles. The van der Waals surface area contributed by atoms with Crippen LogP contribution >= 0.6 is 0 Å². The van der Waals surface area contributed by atoms with Crippen molar-refractivity contribution in [1.82, 2.24) is 10.3 Å². The molecule has 1 rings (SSSR count). The summed E-state index contributed by atoms with van der Waals surface area (Å²) in [4.78, 5) is 15.2. The number of nitrogens with zero attached hydrogens (tertiary/aromatic N) is 1. The molecule has 0 aliphatic carbocycles. The van der Waals surface area contributed by atoms with Gasteiger partial charge in [0.2, 0.25) is 5.91 Å². The van der Waals surface area contributed by atoms with Crippen molar-refractivity contribution in [1.29, 1.82) is 0 Å². The minimum Gasteiger partial charge on any atom is -0.356 e. The van der Waals surface area contributed by atoms with E-state index in [-0.39, 0.29) is 11.9 Å². The molecule has 0 aromatic carbocycles. The van der Waals surface area contributed by atoms with Crippen molar-refractivity contribution in [2.75, 3.05) is 6.54 Å². The quantitative estimate of drug-likeness (QED) is 0.737. The first-order chi connectivity index (χ1) is 7.18. The Kier molecular flexibility index (Phi) is 4.77. The normalized spacial score (nSPS) is 12.1. The first-order valence-electron chi connectivity index (χ1n) is 5.09. The van der Waals surface area contributed by atoms with E-state index in [0.29, 0.717) is 13.0 Å². The maximum absolute atomic E-state index is 11.2. The SMILES string of the molecule is CC(N)CC(=O)NCCc1cccnc1. The topological polar surface area (TPSA) is 68.0 Å². The first kappa shape index (κ1) is 11.7. The van der Waals surface area contributed by atoms with Gasteiger partial charge in [-0.1, -0.05) is 6.07 Å². The van der Waals surface area contributed by atoms with Crippen LogP contribution in [0, 0.1) is 0 Å². The molecule has 1 aromatic rings. The number of nitrogens with two attached hydrogens (primary N) is 1. The highest BCUT2D eigenvalue weighted by molar-refractivity contribution is 5.76. The molecule has 15 heavy (non-hydrogen) atoms. The van der Waals surface area contributed by atoms with E-state index in [4.69, 9.17) is 5.73 Å². The van der Waals surface area contributed by atoms with Crippen LogP contribution in [0.2, 0.25) is 0 Å². The Morgan fingerprint density at radius 1 is 1.67 bits per heavy atom. The van der Waals surface area contributed by atoms with Crippen molar-refractivity contribution in [2.24, 2.45) is 5.73 Å². The van der Waals surface area contributed by atoms with E-state index in [1.807, 2.05) is 19.1 Å². The summed E-state index contributed by atoms with van der Waals surface area (Å²) >= 11 is 0. The zero-order chi connectivity index (χ0) is 11.1. The average molecular weight is 207 g/mol. The van der Waals surface area contributed by atoms with Gasteiger partial charge in [-0.15, -0.1) is 0 Å². The lowest BCUT2D eigenvalue weighted by Gasteiger charge is -2.06. The van der Waals surface area contributed by atoms with Crippen LogP contribution in [-0.2, 0) is 11.2 Å². The summed E-state index contributed by atoms with van der Waals surface area (Å²) in [6.07, 6.45) is 4.72. The van der Waals surface area contributed by atoms with Gasteiger partial charge in [-0.05, 0) is 25.0 Å². The maximum atomic E-state index is 11.2. The highest BCUT2D eigenvalue weighted by atomic mass is 16.1. The predicted octanol–water partition coefficient (Wildman–Crippen LogP) is 0.478. The summed E-state index contributed by atoms with van der Waals surface area (Å²) in [6.45, 7) is 2.46.